The van der Waals surface area contributed by atoms with E-state index in [9.17, 15) is 5.11 Å². The van der Waals surface area contributed by atoms with Gasteiger partial charge in [-0.05, 0) is 68.0 Å². The summed E-state index contributed by atoms with van der Waals surface area (Å²) in [6.45, 7) is 3.90. The summed E-state index contributed by atoms with van der Waals surface area (Å²) in [5.41, 5.74) is 6.61. The van der Waals surface area contributed by atoms with E-state index < -0.39 is 0 Å². The molecule has 0 atom stereocenters. The Labute approximate surface area is 129 Å². The summed E-state index contributed by atoms with van der Waals surface area (Å²) >= 11 is 5.19. The molecule has 0 heterocycles. The van der Waals surface area contributed by atoms with E-state index in [1.807, 2.05) is 38.1 Å². The van der Waals surface area contributed by atoms with Crippen molar-refractivity contribution in [2.24, 2.45) is 5.10 Å². The quantitative estimate of drug-likeness (QED) is 0.462. The summed E-state index contributed by atoms with van der Waals surface area (Å²) in [7, 11) is 0. The van der Waals surface area contributed by atoms with Crippen molar-refractivity contribution in [2.75, 3.05) is 5.32 Å². The van der Waals surface area contributed by atoms with Crippen molar-refractivity contribution in [3.8, 4) is 5.75 Å². The van der Waals surface area contributed by atoms with Crippen LogP contribution in [-0.4, -0.2) is 15.9 Å². The van der Waals surface area contributed by atoms with Crippen LogP contribution in [0.1, 0.15) is 18.1 Å². The van der Waals surface area contributed by atoms with Crippen molar-refractivity contribution < 1.29 is 5.11 Å². The largest absolute Gasteiger partial charge is 0.508 e. The number of thiocarbonyl (C=S) groups is 1. The number of hydrazone groups is 1. The monoisotopic (exact) mass is 299 g/mol. The molecule has 0 aliphatic heterocycles. The van der Waals surface area contributed by atoms with Crippen LogP contribution in [0.15, 0.2) is 53.6 Å². The summed E-state index contributed by atoms with van der Waals surface area (Å²) in [5, 5.41) is 17.0. The van der Waals surface area contributed by atoms with Gasteiger partial charge in [0.15, 0.2) is 5.11 Å². The maximum absolute atomic E-state index is 9.25. The minimum absolute atomic E-state index is 0.232. The molecule has 21 heavy (non-hydrogen) atoms. The summed E-state index contributed by atoms with van der Waals surface area (Å²) in [4.78, 5) is 0. The molecule has 0 amide bonds. The van der Waals surface area contributed by atoms with Crippen molar-refractivity contribution in [3.05, 3.63) is 59.7 Å². The molecule has 0 aliphatic rings. The van der Waals surface area contributed by atoms with Gasteiger partial charge in [-0.3, -0.25) is 5.43 Å². The fourth-order valence-electron chi connectivity index (χ4n) is 1.70. The first-order chi connectivity index (χ1) is 10.0. The summed E-state index contributed by atoms with van der Waals surface area (Å²) in [6, 6.07) is 14.8. The molecule has 2 aromatic carbocycles. The summed E-state index contributed by atoms with van der Waals surface area (Å²) in [6.07, 6.45) is 0. The number of benzene rings is 2. The minimum atomic E-state index is 0.232. The van der Waals surface area contributed by atoms with E-state index in [0.717, 1.165) is 17.0 Å². The number of phenolic OH excluding ortho intramolecular Hbond substituents is 1. The lowest BCUT2D eigenvalue weighted by atomic mass is 10.1. The second kappa shape index (κ2) is 6.85. The third-order valence-corrected chi connectivity index (χ3v) is 3.11. The Morgan fingerprint density at radius 3 is 2.29 bits per heavy atom. The number of hydrogen-bond acceptors (Lipinski definition) is 3. The van der Waals surface area contributed by atoms with Gasteiger partial charge in [-0.15, -0.1) is 0 Å². The molecule has 0 saturated carbocycles. The number of hydrogen-bond donors (Lipinski definition) is 3. The van der Waals surface area contributed by atoms with Gasteiger partial charge in [0, 0.05) is 5.69 Å². The number of phenols is 1. The highest BCUT2D eigenvalue weighted by Gasteiger charge is 1.99. The van der Waals surface area contributed by atoms with Gasteiger partial charge in [-0.2, -0.15) is 5.10 Å². The van der Waals surface area contributed by atoms with E-state index >= 15 is 0 Å². The molecule has 3 N–H and O–H groups in total. The van der Waals surface area contributed by atoms with Crippen LogP contribution in [-0.2, 0) is 0 Å². The lowest BCUT2D eigenvalue weighted by molar-refractivity contribution is 0.475. The molecule has 0 saturated heterocycles. The van der Waals surface area contributed by atoms with Crippen LogP contribution in [0.3, 0.4) is 0 Å². The number of nitrogens with zero attached hydrogens (tertiary/aromatic N) is 1. The third kappa shape index (κ3) is 4.57. The maximum atomic E-state index is 9.25. The normalized spacial score (nSPS) is 11.0. The van der Waals surface area contributed by atoms with Gasteiger partial charge in [-0.25, -0.2) is 0 Å². The Hall–Kier alpha value is -2.40. The molecular weight excluding hydrogens is 282 g/mol. The number of nitrogens with one attached hydrogen (secondary N) is 2. The number of aromatic hydroxyl groups is 1. The van der Waals surface area contributed by atoms with Gasteiger partial charge in [0.2, 0.25) is 0 Å². The minimum Gasteiger partial charge on any atom is -0.508 e. The molecule has 0 aliphatic carbocycles. The average molecular weight is 299 g/mol. The van der Waals surface area contributed by atoms with Crippen LogP contribution >= 0.6 is 12.2 Å². The van der Waals surface area contributed by atoms with E-state index in [1.165, 1.54) is 5.56 Å². The first-order valence-corrected chi connectivity index (χ1v) is 6.93. The Balaban J connectivity index is 1.94. The van der Waals surface area contributed by atoms with Crippen LogP contribution in [0, 0.1) is 6.92 Å². The van der Waals surface area contributed by atoms with Gasteiger partial charge < -0.3 is 10.4 Å². The molecule has 2 rings (SSSR count). The highest BCUT2D eigenvalue weighted by Crippen LogP contribution is 2.10. The van der Waals surface area contributed by atoms with E-state index in [0.29, 0.717) is 5.11 Å². The lowest BCUT2D eigenvalue weighted by Crippen LogP contribution is -2.24. The van der Waals surface area contributed by atoms with E-state index in [1.54, 1.807) is 24.3 Å². The van der Waals surface area contributed by atoms with Crippen molar-refractivity contribution in [3.63, 3.8) is 0 Å². The van der Waals surface area contributed by atoms with Crippen LogP contribution in [0.2, 0.25) is 0 Å². The highest BCUT2D eigenvalue weighted by atomic mass is 32.1. The van der Waals surface area contributed by atoms with Gasteiger partial charge >= 0.3 is 0 Å². The Morgan fingerprint density at radius 1 is 1.05 bits per heavy atom. The van der Waals surface area contributed by atoms with Gasteiger partial charge in [-0.1, -0.05) is 17.7 Å². The van der Waals surface area contributed by atoms with Crippen molar-refractivity contribution >= 4 is 28.7 Å². The standard InChI is InChI=1S/C16H17N3OS/c1-11-3-7-14(8-4-11)17-16(21)19-18-12(2)13-5-9-15(20)10-6-13/h3-10,20H,1-2H3,(H2,17,19,21)/b18-12-. The van der Waals surface area contributed by atoms with Crippen molar-refractivity contribution in [2.45, 2.75) is 13.8 Å². The van der Waals surface area contributed by atoms with Crippen molar-refractivity contribution in [1.82, 2.24) is 5.43 Å². The fourth-order valence-corrected chi connectivity index (χ4v) is 1.86. The molecule has 0 spiro atoms. The molecule has 0 unspecified atom stereocenters. The Kier molecular flexibility index (Phi) is 4.90. The van der Waals surface area contributed by atoms with Gasteiger partial charge in [0.1, 0.15) is 5.75 Å². The van der Waals surface area contributed by atoms with Crippen LogP contribution in [0.25, 0.3) is 0 Å². The predicted molar refractivity (Wildman–Crippen MR) is 90.9 cm³/mol. The maximum Gasteiger partial charge on any atom is 0.191 e. The predicted octanol–water partition coefficient (Wildman–Crippen LogP) is 3.41. The zero-order chi connectivity index (χ0) is 15.2. The lowest BCUT2D eigenvalue weighted by Gasteiger charge is -2.08. The Bertz CT molecular complexity index is 648. The molecule has 0 aromatic heterocycles. The molecule has 5 heteroatoms. The fraction of sp³-hybridized carbons (Fsp3) is 0.125. The van der Waals surface area contributed by atoms with Gasteiger partial charge in [0.25, 0.3) is 0 Å². The first kappa shape index (κ1) is 15.0. The van der Waals surface area contributed by atoms with E-state index in [-0.39, 0.29) is 5.75 Å². The highest BCUT2D eigenvalue weighted by molar-refractivity contribution is 7.80. The SMILES string of the molecule is C/C(=N/NC(=S)Nc1ccc(C)cc1)c1ccc(O)cc1. The first-order valence-electron chi connectivity index (χ1n) is 6.52. The number of anilines is 1. The van der Waals surface area contributed by atoms with Crippen LogP contribution < -0.4 is 10.7 Å². The number of aryl methyl sites for hydroxylation is 1. The second-order valence-corrected chi connectivity index (χ2v) is 5.08. The molecule has 0 bridgehead atoms. The second-order valence-electron chi connectivity index (χ2n) is 4.68. The topological polar surface area (TPSA) is 56.7 Å². The Morgan fingerprint density at radius 2 is 1.67 bits per heavy atom. The summed E-state index contributed by atoms with van der Waals surface area (Å²) in [5.74, 6) is 0.232. The number of rotatable bonds is 3. The van der Waals surface area contributed by atoms with E-state index in [2.05, 4.69) is 15.8 Å². The van der Waals surface area contributed by atoms with Crippen LogP contribution in [0.4, 0.5) is 5.69 Å². The average Bonchev–Trinajstić information content (AvgIpc) is 2.48. The molecule has 0 radical (unpaired) electrons. The van der Waals surface area contributed by atoms with Gasteiger partial charge in [0.05, 0.1) is 5.71 Å². The van der Waals surface area contributed by atoms with Crippen molar-refractivity contribution in [1.29, 1.82) is 0 Å². The molecule has 2 aromatic rings. The zero-order valence-electron chi connectivity index (χ0n) is 11.9. The zero-order valence-corrected chi connectivity index (χ0v) is 12.7. The van der Waals surface area contributed by atoms with Crippen LogP contribution in [0.5, 0.6) is 5.75 Å². The van der Waals surface area contributed by atoms with E-state index in [4.69, 9.17) is 12.2 Å². The molecule has 0 fully saturated rings. The molecule has 108 valence electrons. The molecular formula is C16H17N3OS. The smallest absolute Gasteiger partial charge is 0.191 e. The summed E-state index contributed by atoms with van der Waals surface area (Å²) < 4.78 is 0. The third-order valence-electron chi connectivity index (χ3n) is 2.92. The molecule has 4 nitrogen and oxygen atoms in total.